The number of unbranched alkanes of at least 4 members (excludes halogenated alkanes) is 2. The summed E-state index contributed by atoms with van der Waals surface area (Å²) in [6, 6.07) is 12.0. The summed E-state index contributed by atoms with van der Waals surface area (Å²) in [4.78, 5) is 21.6. The molecule has 0 saturated heterocycles. The molecule has 0 unspecified atom stereocenters. The molecule has 2 aromatic carbocycles. The maximum atomic E-state index is 12.1. The predicted molar refractivity (Wildman–Crippen MR) is 141 cm³/mol. The zero-order valence-electron chi connectivity index (χ0n) is 20.9. The Morgan fingerprint density at radius 2 is 1.89 bits per heavy atom. The average Bonchev–Trinajstić information content (AvgIpc) is 3.21. The highest BCUT2D eigenvalue weighted by Gasteiger charge is 2.18. The summed E-state index contributed by atoms with van der Waals surface area (Å²) in [5, 5.41) is 14.6. The summed E-state index contributed by atoms with van der Waals surface area (Å²) >= 11 is 0. The average molecular weight is 474 g/mol. The van der Waals surface area contributed by atoms with Gasteiger partial charge in [0.25, 0.3) is 0 Å². The van der Waals surface area contributed by atoms with Crippen molar-refractivity contribution in [2.45, 2.75) is 72.4 Å². The smallest absolute Gasteiger partial charge is 0.220 e. The zero-order chi connectivity index (χ0) is 24.9. The molecule has 1 amide bonds. The number of anilines is 1. The molecule has 4 rings (SSSR count). The molecule has 0 aliphatic carbocycles. The van der Waals surface area contributed by atoms with Gasteiger partial charge in [-0.15, -0.1) is 0 Å². The third-order valence-electron chi connectivity index (χ3n) is 6.46. The molecular weight excluding hydrogens is 438 g/mol. The standard InChI is InChI=1S/C28H35N5O2/c1-4-6-12-23-32-25-26(21-10-8-9-11-22(21)31-28(25)29)33(23)17-19-14-18(3)27(35)20(15-19)16-30-24(34)13-7-5-2/h8-11,14-15,35H,4-7,12-13,16-17H2,1-3H3,(H2,29,31)(H,30,34). The highest BCUT2D eigenvalue weighted by Crippen LogP contribution is 2.31. The number of nitrogens with two attached hydrogens (primary N) is 1. The fourth-order valence-corrected chi connectivity index (χ4v) is 4.56. The van der Waals surface area contributed by atoms with Crippen molar-refractivity contribution in [3.05, 3.63) is 58.9 Å². The summed E-state index contributed by atoms with van der Waals surface area (Å²) in [5.74, 6) is 1.65. The lowest BCUT2D eigenvalue weighted by molar-refractivity contribution is -0.121. The van der Waals surface area contributed by atoms with Gasteiger partial charge in [-0.2, -0.15) is 0 Å². The van der Waals surface area contributed by atoms with Crippen molar-refractivity contribution >= 4 is 33.7 Å². The minimum atomic E-state index is 0.00575. The highest BCUT2D eigenvalue weighted by molar-refractivity contribution is 6.06. The number of phenolic OH excluding ortho intramolecular Hbond substituents is 1. The second kappa shape index (κ2) is 10.8. The zero-order valence-corrected chi connectivity index (χ0v) is 20.9. The molecule has 0 spiro atoms. The lowest BCUT2D eigenvalue weighted by atomic mass is 10.0. The van der Waals surface area contributed by atoms with Gasteiger partial charge in [0.05, 0.1) is 11.0 Å². The fraction of sp³-hybridized carbons (Fsp3) is 0.393. The van der Waals surface area contributed by atoms with Gasteiger partial charge in [0, 0.05) is 36.9 Å². The van der Waals surface area contributed by atoms with Crippen LogP contribution < -0.4 is 11.1 Å². The molecule has 4 aromatic rings. The maximum Gasteiger partial charge on any atom is 0.220 e. The number of aromatic hydroxyl groups is 1. The van der Waals surface area contributed by atoms with E-state index in [0.29, 0.717) is 25.3 Å². The number of rotatable bonds is 10. The molecule has 0 radical (unpaired) electrons. The van der Waals surface area contributed by atoms with Crippen LogP contribution in [-0.4, -0.2) is 25.5 Å². The van der Waals surface area contributed by atoms with Gasteiger partial charge in [0.2, 0.25) is 5.91 Å². The third-order valence-corrected chi connectivity index (χ3v) is 6.46. The Labute approximate surface area is 206 Å². The molecule has 35 heavy (non-hydrogen) atoms. The third kappa shape index (κ3) is 5.24. The SMILES string of the molecule is CCCCC(=O)NCc1cc(Cn2c(CCCC)nc3c(N)nc4ccccc4c32)cc(C)c1O. The number of carbonyl (C=O) groups is 1. The molecule has 7 nitrogen and oxygen atoms in total. The fourth-order valence-electron chi connectivity index (χ4n) is 4.56. The number of fused-ring (bicyclic) bond motifs is 3. The molecule has 0 saturated carbocycles. The number of hydrogen-bond donors (Lipinski definition) is 3. The van der Waals surface area contributed by atoms with Gasteiger partial charge in [0.1, 0.15) is 17.1 Å². The van der Waals surface area contributed by atoms with Crippen molar-refractivity contribution in [3.8, 4) is 5.75 Å². The molecule has 4 N–H and O–H groups in total. The topological polar surface area (TPSA) is 106 Å². The van der Waals surface area contributed by atoms with Gasteiger partial charge in [-0.05, 0) is 43.0 Å². The number of aromatic nitrogens is 3. The van der Waals surface area contributed by atoms with Crippen LogP contribution in [0.5, 0.6) is 5.75 Å². The summed E-state index contributed by atoms with van der Waals surface area (Å²) < 4.78 is 2.24. The Hall–Kier alpha value is -3.61. The number of nitrogens with zero attached hydrogens (tertiary/aromatic N) is 3. The van der Waals surface area contributed by atoms with Gasteiger partial charge in [-0.3, -0.25) is 4.79 Å². The number of nitrogens with one attached hydrogen (secondary N) is 1. The molecule has 0 aliphatic heterocycles. The van der Waals surface area contributed by atoms with E-state index in [-0.39, 0.29) is 11.7 Å². The van der Waals surface area contributed by atoms with Crippen LogP contribution in [0, 0.1) is 6.92 Å². The van der Waals surface area contributed by atoms with Gasteiger partial charge >= 0.3 is 0 Å². The Morgan fingerprint density at radius 3 is 2.66 bits per heavy atom. The summed E-state index contributed by atoms with van der Waals surface area (Å²) in [6.07, 6.45) is 5.27. The van der Waals surface area contributed by atoms with E-state index in [0.717, 1.165) is 76.6 Å². The van der Waals surface area contributed by atoms with E-state index >= 15 is 0 Å². The highest BCUT2D eigenvalue weighted by atomic mass is 16.3. The molecule has 184 valence electrons. The number of nitrogen functional groups attached to an aromatic ring is 1. The number of hydrogen-bond acceptors (Lipinski definition) is 5. The van der Waals surface area contributed by atoms with Crippen molar-refractivity contribution in [2.24, 2.45) is 0 Å². The Kier molecular flexibility index (Phi) is 7.54. The van der Waals surface area contributed by atoms with Crippen LogP contribution in [0.15, 0.2) is 36.4 Å². The van der Waals surface area contributed by atoms with Crippen LogP contribution in [0.1, 0.15) is 68.5 Å². The van der Waals surface area contributed by atoms with E-state index in [1.807, 2.05) is 37.3 Å². The van der Waals surface area contributed by atoms with Crippen LogP contribution in [0.25, 0.3) is 21.9 Å². The van der Waals surface area contributed by atoms with Gasteiger partial charge in [0.15, 0.2) is 5.82 Å². The second-order valence-electron chi connectivity index (χ2n) is 9.23. The van der Waals surface area contributed by atoms with Gasteiger partial charge < -0.3 is 20.7 Å². The van der Waals surface area contributed by atoms with Crippen LogP contribution in [0.3, 0.4) is 0 Å². The summed E-state index contributed by atoms with van der Waals surface area (Å²) in [7, 11) is 0. The number of para-hydroxylation sites is 1. The lowest BCUT2D eigenvalue weighted by Gasteiger charge is -2.15. The van der Waals surface area contributed by atoms with Crippen LogP contribution >= 0.6 is 0 Å². The van der Waals surface area contributed by atoms with Crippen molar-refractivity contribution < 1.29 is 9.90 Å². The first-order valence-corrected chi connectivity index (χ1v) is 12.5. The minimum absolute atomic E-state index is 0.00575. The second-order valence-corrected chi connectivity index (χ2v) is 9.23. The first kappa shape index (κ1) is 24.5. The van der Waals surface area contributed by atoms with Crippen molar-refractivity contribution in [2.75, 3.05) is 5.73 Å². The number of carbonyl (C=O) groups excluding carboxylic acids is 1. The molecule has 0 atom stereocenters. The molecule has 0 aliphatic rings. The predicted octanol–water partition coefficient (Wildman–Crippen LogP) is 5.38. The van der Waals surface area contributed by atoms with Crippen LogP contribution in [0.2, 0.25) is 0 Å². The van der Waals surface area contributed by atoms with E-state index in [2.05, 4.69) is 34.8 Å². The Morgan fingerprint density at radius 1 is 1.11 bits per heavy atom. The monoisotopic (exact) mass is 473 g/mol. The molecule has 2 heterocycles. The van der Waals surface area contributed by atoms with E-state index in [9.17, 15) is 9.90 Å². The molecule has 0 bridgehead atoms. The number of amides is 1. The van der Waals surface area contributed by atoms with Gasteiger partial charge in [-0.25, -0.2) is 9.97 Å². The molecule has 2 aromatic heterocycles. The Bertz CT molecular complexity index is 1360. The summed E-state index contributed by atoms with van der Waals surface area (Å²) in [6.45, 7) is 7.01. The van der Waals surface area contributed by atoms with Crippen molar-refractivity contribution in [1.29, 1.82) is 0 Å². The van der Waals surface area contributed by atoms with Crippen LogP contribution in [0.4, 0.5) is 5.82 Å². The van der Waals surface area contributed by atoms with E-state index in [1.54, 1.807) is 0 Å². The quantitative estimate of drug-likeness (QED) is 0.287. The number of imidazole rings is 1. The number of benzene rings is 2. The minimum Gasteiger partial charge on any atom is -0.507 e. The Balaban J connectivity index is 1.75. The largest absolute Gasteiger partial charge is 0.507 e. The van der Waals surface area contributed by atoms with Crippen molar-refractivity contribution in [3.63, 3.8) is 0 Å². The number of pyridine rings is 1. The van der Waals surface area contributed by atoms with Gasteiger partial charge in [-0.1, -0.05) is 51.0 Å². The summed E-state index contributed by atoms with van der Waals surface area (Å²) in [5.41, 5.74) is 11.4. The van der Waals surface area contributed by atoms with Crippen LogP contribution in [-0.2, 0) is 24.3 Å². The molecular formula is C28H35N5O2. The number of aryl methyl sites for hydroxylation is 2. The molecule has 0 fully saturated rings. The van der Waals surface area contributed by atoms with E-state index < -0.39 is 0 Å². The number of phenols is 1. The maximum absolute atomic E-state index is 12.1. The lowest BCUT2D eigenvalue weighted by Crippen LogP contribution is -2.22. The first-order chi connectivity index (χ1) is 16.9. The molecule has 7 heteroatoms. The van der Waals surface area contributed by atoms with E-state index in [4.69, 9.17) is 10.7 Å². The van der Waals surface area contributed by atoms with E-state index in [1.165, 1.54) is 0 Å². The van der Waals surface area contributed by atoms with Crippen molar-refractivity contribution in [1.82, 2.24) is 19.9 Å². The first-order valence-electron chi connectivity index (χ1n) is 12.5. The normalized spacial score (nSPS) is 11.4.